The number of rotatable bonds is 5. The maximum atomic E-state index is 4.49. The standard InChI is InChI=1S/C19H19N3S/c1-14-6-5-9-17(12-14)22-18(16-10-11-16)20-21-19(22)23-13-15-7-3-2-4-8-15/h2-9,12,16H,10-11,13H2,1H3. The second-order valence-electron chi connectivity index (χ2n) is 6.06. The third-order valence-electron chi connectivity index (χ3n) is 4.07. The Balaban J connectivity index is 1.67. The van der Waals surface area contributed by atoms with Gasteiger partial charge in [0.2, 0.25) is 0 Å². The van der Waals surface area contributed by atoms with E-state index in [0.29, 0.717) is 5.92 Å². The van der Waals surface area contributed by atoms with Gasteiger partial charge in [-0.1, -0.05) is 54.2 Å². The number of benzene rings is 2. The second kappa shape index (κ2) is 6.20. The van der Waals surface area contributed by atoms with Crippen molar-refractivity contribution in [1.29, 1.82) is 0 Å². The van der Waals surface area contributed by atoms with Crippen molar-refractivity contribution < 1.29 is 0 Å². The van der Waals surface area contributed by atoms with Crippen molar-refractivity contribution in [1.82, 2.24) is 14.8 Å². The fourth-order valence-electron chi connectivity index (χ4n) is 2.71. The zero-order valence-electron chi connectivity index (χ0n) is 13.1. The predicted molar refractivity (Wildman–Crippen MR) is 94.1 cm³/mol. The maximum absolute atomic E-state index is 4.49. The van der Waals surface area contributed by atoms with Gasteiger partial charge in [-0.05, 0) is 43.0 Å². The minimum Gasteiger partial charge on any atom is -0.274 e. The van der Waals surface area contributed by atoms with Gasteiger partial charge >= 0.3 is 0 Å². The topological polar surface area (TPSA) is 30.7 Å². The van der Waals surface area contributed by atoms with Gasteiger partial charge in [0.1, 0.15) is 5.82 Å². The fourth-order valence-corrected chi connectivity index (χ4v) is 3.63. The summed E-state index contributed by atoms with van der Waals surface area (Å²) in [5, 5.41) is 9.95. The summed E-state index contributed by atoms with van der Waals surface area (Å²) in [6.45, 7) is 2.13. The van der Waals surface area contributed by atoms with Gasteiger partial charge in [0.25, 0.3) is 0 Å². The molecule has 0 radical (unpaired) electrons. The first-order valence-corrected chi connectivity index (χ1v) is 8.99. The van der Waals surface area contributed by atoms with Crippen molar-refractivity contribution in [2.24, 2.45) is 0 Å². The van der Waals surface area contributed by atoms with Crippen LogP contribution in [0.1, 0.15) is 35.7 Å². The lowest BCUT2D eigenvalue weighted by molar-refractivity contribution is 0.828. The number of thioether (sulfide) groups is 1. The molecule has 4 rings (SSSR count). The Morgan fingerprint density at radius 1 is 1.04 bits per heavy atom. The Labute approximate surface area is 140 Å². The monoisotopic (exact) mass is 321 g/mol. The molecule has 0 amide bonds. The lowest BCUT2D eigenvalue weighted by Crippen LogP contribution is -2.02. The van der Waals surface area contributed by atoms with Crippen LogP contribution in [0.25, 0.3) is 5.69 Å². The van der Waals surface area contributed by atoms with Gasteiger partial charge in [-0.25, -0.2) is 0 Å². The molecule has 1 aromatic heterocycles. The van der Waals surface area contributed by atoms with Crippen LogP contribution < -0.4 is 0 Å². The first-order chi connectivity index (χ1) is 11.3. The Bertz CT molecular complexity index is 806. The zero-order valence-corrected chi connectivity index (χ0v) is 14.0. The Hall–Kier alpha value is -2.07. The van der Waals surface area contributed by atoms with Crippen LogP contribution in [-0.4, -0.2) is 14.8 Å². The smallest absolute Gasteiger partial charge is 0.196 e. The molecule has 2 aromatic carbocycles. The van der Waals surface area contributed by atoms with E-state index in [2.05, 4.69) is 76.3 Å². The number of hydrogen-bond donors (Lipinski definition) is 0. The number of aryl methyl sites for hydroxylation is 1. The van der Waals surface area contributed by atoms with Crippen molar-refractivity contribution in [2.45, 2.75) is 36.6 Å². The van der Waals surface area contributed by atoms with Crippen LogP contribution in [0.2, 0.25) is 0 Å². The molecule has 0 spiro atoms. The fraction of sp³-hybridized carbons (Fsp3) is 0.263. The van der Waals surface area contributed by atoms with Crippen LogP contribution >= 0.6 is 11.8 Å². The zero-order chi connectivity index (χ0) is 15.6. The molecule has 0 atom stereocenters. The van der Waals surface area contributed by atoms with Crippen molar-refractivity contribution >= 4 is 11.8 Å². The second-order valence-corrected chi connectivity index (χ2v) is 7.01. The molecule has 3 aromatic rings. The summed E-state index contributed by atoms with van der Waals surface area (Å²) in [5.74, 6) is 2.61. The summed E-state index contributed by atoms with van der Waals surface area (Å²) < 4.78 is 2.25. The van der Waals surface area contributed by atoms with E-state index in [9.17, 15) is 0 Å². The highest BCUT2D eigenvalue weighted by Gasteiger charge is 2.31. The molecule has 4 heteroatoms. The van der Waals surface area contributed by atoms with Gasteiger partial charge in [0.05, 0.1) is 0 Å². The Morgan fingerprint density at radius 3 is 2.61 bits per heavy atom. The minimum atomic E-state index is 0.578. The lowest BCUT2D eigenvalue weighted by Gasteiger charge is -2.10. The quantitative estimate of drug-likeness (QED) is 0.636. The van der Waals surface area contributed by atoms with Gasteiger partial charge < -0.3 is 0 Å². The van der Waals surface area contributed by atoms with Crippen LogP contribution in [0.3, 0.4) is 0 Å². The number of aromatic nitrogens is 3. The Kier molecular flexibility index (Phi) is 3.92. The highest BCUT2D eigenvalue weighted by molar-refractivity contribution is 7.98. The summed E-state index contributed by atoms with van der Waals surface area (Å²) in [7, 11) is 0. The van der Waals surface area contributed by atoms with E-state index < -0.39 is 0 Å². The average Bonchev–Trinajstić information content (AvgIpc) is 3.33. The summed E-state index contributed by atoms with van der Waals surface area (Å²) >= 11 is 1.76. The summed E-state index contributed by atoms with van der Waals surface area (Å²) in [6.07, 6.45) is 2.46. The van der Waals surface area contributed by atoms with Gasteiger partial charge in [0, 0.05) is 17.4 Å². The molecule has 116 valence electrons. The van der Waals surface area contributed by atoms with Gasteiger partial charge in [0.15, 0.2) is 5.16 Å². The molecule has 0 aliphatic heterocycles. The van der Waals surface area contributed by atoms with E-state index in [1.54, 1.807) is 11.8 Å². The average molecular weight is 321 g/mol. The number of nitrogens with zero attached hydrogens (tertiary/aromatic N) is 3. The number of hydrogen-bond acceptors (Lipinski definition) is 3. The molecule has 1 heterocycles. The highest BCUT2D eigenvalue weighted by Crippen LogP contribution is 2.41. The molecule has 0 saturated heterocycles. The first-order valence-electron chi connectivity index (χ1n) is 8.00. The summed E-state index contributed by atoms with van der Waals surface area (Å²) in [6, 6.07) is 19.1. The molecular weight excluding hydrogens is 302 g/mol. The largest absolute Gasteiger partial charge is 0.274 e. The third kappa shape index (κ3) is 3.17. The first kappa shape index (κ1) is 14.5. The summed E-state index contributed by atoms with van der Waals surface area (Å²) in [5.41, 5.74) is 3.74. The molecule has 0 N–H and O–H groups in total. The molecular formula is C19H19N3S. The van der Waals surface area contributed by atoms with Crippen LogP contribution in [0.15, 0.2) is 59.8 Å². The molecule has 0 unspecified atom stereocenters. The van der Waals surface area contributed by atoms with Crippen LogP contribution in [0.4, 0.5) is 0 Å². The molecule has 1 fully saturated rings. The lowest BCUT2D eigenvalue weighted by atomic mass is 10.2. The van der Waals surface area contributed by atoms with E-state index in [-0.39, 0.29) is 0 Å². The highest BCUT2D eigenvalue weighted by atomic mass is 32.2. The van der Waals surface area contributed by atoms with Crippen LogP contribution in [0.5, 0.6) is 0 Å². The van der Waals surface area contributed by atoms with Gasteiger partial charge in [-0.15, -0.1) is 10.2 Å². The Morgan fingerprint density at radius 2 is 1.87 bits per heavy atom. The third-order valence-corrected chi connectivity index (χ3v) is 5.07. The van der Waals surface area contributed by atoms with E-state index in [4.69, 9.17) is 0 Å². The van der Waals surface area contributed by atoms with E-state index in [1.165, 1.54) is 29.7 Å². The minimum absolute atomic E-state index is 0.578. The molecule has 1 aliphatic rings. The molecule has 1 aliphatic carbocycles. The predicted octanol–water partition coefficient (Wildman–Crippen LogP) is 4.75. The van der Waals surface area contributed by atoms with Crippen LogP contribution in [-0.2, 0) is 5.75 Å². The van der Waals surface area contributed by atoms with Gasteiger partial charge in [-0.2, -0.15) is 0 Å². The van der Waals surface area contributed by atoms with Crippen molar-refractivity contribution in [3.63, 3.8) is 0 Å². The molecule has 3 nitrogen and oxygen atoms in total. The van der Waals surface area contributed by atoms with E-state index >= 15 is 0 Å². The molecule has 23 heavy (non-hydrogen) atoms. The normalized spacial score (nSPS) is 14.1. The van der Waals surface area contributed by atoms with Crippen molar-refractivity contribution in [2.75, 3.05) is 0 Å². The SMILES string of the molecule is Cc1cccc(-n2c(SCc3ccccc3)nnc2C2CC2)c1. The van der Waals surface area contributed by atoms with E-state index in [1.807, 2.05) is 0 Å². The maximum Gasteiger partial charge on any atom is 0.196 e. The van der Waals surface area contributed by atoms with E-state index in [0.717, 1.165) is 16.7 Å². The van der Waals surface area contributed by atoms with Gasteiger partial charge in [-0.3, -0.25) is 4.57 Å². The van der Waals surface area contributed by atoms with Crippen molar-refractivity contribution in [3.05, 3.63) is 71.5 Å². The summed E-state index contributed by atoms with van der Waals surface area (Å²) in [4.78, 5) is 0. The van der Waals surface area contributed by atoms with Crippen LogP contribution in [0, 0.1) is 6.92 Å². The molecule has 0 bridgehead atoms. The van der Waals surface area contributed by atoms with Crippen molar-refractivity contribution in [3.8, 4) is 5.69 Å². The molecule has 1 saturated carbocycles.